The van der Waals surface area contributed by atoms with Crippen LogP contribution < -0.4 is 10.9 Å². The second-order valence-corrected chi connectivity index (χ2v) is 9.88. The molecule has 1 saturated heterocycles. The van der Waals surface area contributed by atoms with E-state index in [1.54, 1.807) is 14.8 Å². The highest BCUT2D eigenvalue weighted by Gasteiger charge is 2.29. The van der Waals surface area contributed by atoms with Gasteiger partial charge in [0.15, 0.2) is 11.3 Å². The van der Waals surface area contributed by atoms with Crippen LogP contribution in [0, 0.1) is 13.8 Å². The van der Waals surface area contributed by atoms with Crippen LogP contribution >= 0.6 is 22.9 Å². The van der Waals surface area contributed by atoms with Crippen molar-refractivity contribution in [1.29, 1.82) is 0 Å². The Morgan fingerprint density at radius 1 is 1.08 bits per heavy atom. The first kappa shape index (κ1) is 24.7. The van der Waals surface area contributed by atoms with Crippen LogP contribution in [-0.2, 0) is 0 Å². The van der Waals surface area contributed by atoms with Gasteiger partial charge in [-0.05, 0) is 38.8 Å². The first-order valence-electron chi connectivity index (χ1n) is 11.5. The molecule has 1 fully saturated rings. The molecule has 37 heavy (non-hydrogen) atoms. The molecule has 1 aliphatic heterocycles. The van der Waals surface area contributed by atoms with Gasteiger partial charge in [-0.3, -0.25) is 25.2 Å². The number of fused-ring (bicyclic) bond motifs is 1. The van der Waals surface area contributed by atoms with Crippen molar-refractivity contribution in [3.05, 3.63) is 68.3 Å². The molecule has 3 amide bonds. The number of carbonyl (C=O) groups excluding carboxylic acids is 3. The van der Waals surface area contributed by atoms with Crippen molar-refractivity contribution >= 4 is 46.3 Å². The predicted octanol–water partition coefficient (Wildman–Crippen LogP) is 2.34. The van der Waals surface area contributed by atoms with Crippen LogP contribution in [0.25, 0.3) is 5.65 Å². The number of amides is 3. The van der Waals surface area contributed by atoms with E-state index in [0.717, 1.165) is 10.7 Å². The molecule has 0 spiro atoms. The van der Waals surface area contributed by atoms with E-state index in [0.29, 0.717) is 43.0 Å². The minimum absolute atomic E-state index is 0.118. The second-order valence-electron chi connectivity index (χ2n) is 8.60. The second kappa shape index (κ2) is 10.2. The van der Waals surface area contributed by atoms with E-state index in [1.807, 2.05) is 19.9 Å². The summed E-state index contributed by atoms with van der Waals surface area (Å²) in [6.07, 6.45) is 2.81. The summed E-state index contributed by atoms with van der Waals surface area (Å²) in [5.41, 5.74) is 7.53. The number of likely N-dealkylation sites (tertiary alicyclic amines) is 1. The van der Waals surface area contributed by atoms with Crippen molar-refractivity contribution in [2.24, 2.45) is 0 Å². The zero-order valence-corrected chi connectivity index (χ0v) is 21.5. The normalized spacial score (nSPS) is 14.1. The van der Waals surface area contributed by atoms with Gasteiger partial charge in [0.1, 0.15) is 10.8 Å². The van der Waals surface area contributed by atoms with Crippen molar-refractivity contribution < 1.29 is 14.4 Å². The highest BCUT2D eigenvalue weighted by Crippen LogP contribution is 2.31. The van der Waals surface area contributed by atoms with Crippen LogP contribution in [0.15, 0.2) is 29.8 Å². The fourth-order valence-electron chi connectivity index (χ4n) is 4.13. The standard InChI is InChI=1S/C23H22ClN9O3S/c1-12-9-18-27-28-19(13(2)33(18)31-12)23(36)32-7-4-14(5-8-32)22-26-16(11-37-22)21(35)30-29-20(34)15-3-6-25-17(24)10-15/h3,6,9-11,14H,4-5,7-8H2,1-2H3,(H,29,34)(H,30,35). The maximum Gasteiger partial charge on any atom is 0.289 e. The summed E-state index contributed by atoms with van der Waals surface area (Å²) >= 11 is 7.17. The van der Waals surface area contributed by atoms with E-state index in [2.05, 4.69) is 36.1 Å². The molecular weight excluding hydrogens is 518 g/mol. The van der Waals surface area contributed by atoms with Crippen LogP contribution in [0.5, 0.6) is 0 Å². The van der Waals surface area contributed by atoms with Gasteiger partial charge in [-0.25, -0.2) is 14.5 Å². The third-order valence-electron chi connectivity index (χ3n) is 6.09. The van der Waals surface area contributed by atoms with Gasteiger partial charge >= 0.3 is 0 Å². The van der Waals surface area contributed by atoms with Crippen LogP contribution in [0.1, 0.15) is 66.5 Å². The number of hydrogen-bond acceptors (Lipinski definition) is 9. The number of aryl methyl sites for hydroxylation is 2. The third-order valence-corrected chi connectivity index (χ3v) is 7.31. The minimum atomic E-state index is -0.526. The predicted molar refractivity (Wildman–Crippen MR) is 134 cm³/mol. The molecule has 14 heteroatoms. The SMILES string of the molecule is Cc1cc2nnc(C(=O)N3CCC(c4nc(C(=O)NNC(=O)c5ccnc(Cl)c5)cs4)CC3)c(C)n2n1. The molecule has 0 aromatic carbocycles. The van der Waals surface area contributed by atoms with Crippen LogP contribution in [0.3, 0.4) is 0 Å². The lowest BCUT2D eigenvalue weighted by Gasteiger charge is -2.31. The van der Waals surface area contributed by atoms with Gasteiger partial charge in [0.2, 0.25) is 0 Å². The van der Waals surface area contributed by atoms with Gasteiger partial charge in [0, 0.05) is 42.2 Å². The van der Waals surface area contributed by atoms with Crippen LogP contribution in [0.2, 0.25) is 5.15 Å². The summed E-state index contributed by atoms with van der Waals surface area (Å²) in [5, 5.41) is 15.3. The molecule has 0 aliphatic carbocycles. The minimum Gasteiger partial charge on any atom is -0.337 e. The number of hydrogen-bond donors (Lipinski definition) is 2. The topological polar surface area (TPSA) is 147 Å². The first-order valence-corrected chi connectivity index (χ1v) is 12.7. The zero-order chi connectivity index (χ0) is 26.1. The molecule has 0 unspecified atom stereocenters. The van der Waals surface area contributed by atoms with Crippen LogP contribution in [0.4, 0.5) is 0 Å². The number of nitrogens with one attached hydrogen (secondary N) is 2. The van der Waals surface area contributed by atoms with Gasteiger partial charge in [-0.2, -0.15) is 5.10 Å². The Hall–Kier alpha value is -3.97. The summed E-state index contributed by atoms with van der Waals surface area (Å²) < 4.78 is 1.64. The first-order chi connectivity index (χ1) is 17.8. The van der Waals surface area contributed by atoms with Crippen molar-refractivity contribution in [1.82, 2.24) is 45.5 Å². The number of nitrogens with zero attached hydrogens (tertiary/aromatic N) is 7. The summed E-state index contributed by atoms with van der Waals surface area (Å²) in [6, 6.07) is 4.69. The fourth-order valence-corrected chi connectivity index (χ4v) is 5.27. The van der Waals surface area contributed by atoms with Gasteiger partial charge in [0.25, 0.3) is 17.7 Å². The van der Waals surface area contributed by atoms with E-state index in [-0.39, 0.29) is 28.2 Å². The molecule has 12 nitrogen and oxygen atoms in total. The molecule has 0 atom stereocenters. The third kappa shape index (κ3) is 5.13. The van der Waals surface area contributed by atoms with Gasteiger partial charge in [-0.15, -0.1) is 21.5 Å². The Morgan fingerprint density at radius 2 is 1.84 bits per heavy atom. The van der Waals surface area contributed by atoms with Crippen molar-refractivity contribution in [2.45, 2.75) is 32.6 Å². The zero-order valence-electron chi connectivity index (χ0n) is 19.9. The summed E-state index contributed by atoms with van der Waals surface area (Å²) in [4.78, 5) is 47.8. The Balaban J connectivity index is 1.17. The molecule has 5 heterocycles. The van der Waals surface area contributed by atoms with Crippen LogP contribution in [-0.4, -0.2) is 65.5 Å². The average molecular weight is 540 g/mol. The number of pyridine rings is 1. The van der Waals surface area contributed by atoms with E-state index >= 15 is 0 Å². The fraction of sp³-hybridized carbons (Fsp3) is 0.304. The maximum absolute atomic E-state index is 13.1. The molecule has 0 radical (unpaired) electrons. The molecule has 190 valence electrons. The Bertz CT molecular complexity index is 1510. The van der Waals surface area contributed by atoms with Gasteiger partial charge in [-0.1, -0.05) is 11.6 Å². The monoisotopic (exact) mass is 539 g/mol. The quantitative estimate of drug-likeness (QED) is 0.296. The number of rotatable bonds is 4. The number of aromatic nitrogens is 6. The summed E-state index contributed by atoms with van der Waals surface area (Å²) in [7, 11) is 0. The molecular formula is C23H22ClN9O3S. The summed E-state index contributed by atoms with van der Waals surface area (Å²) in [6.45, 7) is 4.74. The Kier molecular flexibility index (Phi) is 6.80. The summed E-state index contributed by atoms with van der Waals surface area (Å²) in [5.74, 6) is -1.11. The largest absolute Gasteiger partial charge is 0.337 e. The van der Waals surface area contributed by atoms with Crippen molar-refractivity contribution in [2.75, 3.05) is 13.1 Å². The maximum atomic E-state index is 13.1. The van der Waals surface area contributed by atoms with Gasteiger partial charge < -0.3 is 4.90 Å². The van der Waals surface area contributed by atoms with E-state index in [1.165, 1.54) is 29.7 Å². The molecule has 1 aliphatic rings. The number of halogens is 1. The smallest absolute Gasteiger partial charge is 0.289 e. The highest BCUT2D eigenvalue weighted by molar-refractivity contribution is 7.09. The number of piperidine rings is 1. The van der Waals surface area contributed by atoms with Crippen molar-refractivity contribution in [3.63, 3.8) is 0 Å². The number of carbonyl (C=O) groups is 3. The molecule has 0 bridgehead atoms. The van der Waals surface area contributed by atoms with E-state index in [4.69, 9.17) is 11.6 Å². The number of hydrazine groups is 1. The average Bonchev–Trinajstić information content (AvgIpc) is 3.54. The molecule has 2 N–H and O–H groups in total. The Labute approximate surface area is 220 Å². The van der Waals surface area contributed by atoms with E-state index < -0.39 is 11.8 Å². The van der Waals surface area contributed by atoms with E-state index in [9.17, 15) is 14.4 Å². The van der Waals surface area contributed by atoms with Crippen molar-refractivity contribution in [3.8, 4) is 0 Å². The lowest BCUT2D eigenvalue weighted by Crippen LogP contribution is -2.41. The van der Waals surface area contributed by atoms with Gasteiger partial charge in [0.05, 0.1) is 16.4 Å². The molecule has 4 aromatic rings. The molecule has 4 aromatic heterocycles. The lowest BCUT2D eigenvalue weighted by molar-refractivity contribution is 0.0703. The number of thiazole rings is 1. The molecule has 5 rings (SSSR count). The Morgan fingerprint density at radius 3 is 2.59 bits per heavy atom. The highest BCUT2D eigenvalue weighted by atomic mass is 35.5. The lowest BCUT2D eigenvalue weighted by atomic mass is 9.97. The molecule has 0 saturated carbocycles.